The van der Waals surface area contributed by atoms with Gasteiger partial charge in [-0.3, -0.25) is 4.99 Å². The molecule has 2 aliphatic carbocycles. The van der Waals surface area contributed by atoms with Crippen LogP contribution in [0, 0.1) is 5.92 Å². The van der Waals surface area contributed by atoms with E-state index in [1.54, 1.807) is 5.57 Å². The van der Waals surface area contributed by atoms with Crippen LogP contribution in [0.4, 0.5) is 0 Å². The first-order valence-electron chi connectivity index (χ1n) is 7.01. The number of allylic oxidation sites excluding steroid dienone is 1. The molecule has 0 saturated heterocycles. The number of nitrogens with zero attached hydrogens (tertiary/aromatic N) is 1. The molecule has 2 N–H and O–H groups in total. The maximum atomic E-state index is 4.25. The van der Waals surface area contributed by atoms with Crippen LogP contribution in [0.2, 0.25) is 0 Å². The Morgan fingerprint density at radius 2 is 2.24 bits per heavy atom. The molecular formula is C14H25N3. The van der Waals surface area contributed by atoms with Crippen molar-refractivity contribution in [3.8, 4) is 0 Å². The zero-order valence-corrected chi connectivity index (χ0v) is 11.0. The van der Waals surface area contributed by atoms with Crippen molar-refractivity contribution in [1.29, 1.82) is 0 Å². The molecule has 0 radical (unpaired) electrons. The van der Waals surface area contributed by atoms with Gasteiger partial charge in [-0.1, -0.05) is 11.6 Å². The topological polar surface area (TPSA) is 36.4 Å². The highest BCUT2D eigenvalue weighted by Gasteiger charge is 2.20. The molecule has 3 nitrogen and oxygen atoms in total. The Labute approximate surface area is 105 Å². The van der Waals surface area contributed by atoms with Gasteiger partial charge in [0, 0.05) is 20.1 Å². The molecule has 0 unspecified atom stereocenters. The third kappa shape index (κ3) is 4.80. The molecule has 0 aromatic heterocycles. The van der Waals surface area contributed by atoms with E-state index in [-0.39, 0.29) is 0 Å². The van der Waals surface area contributed by atoms with E-state index >= 15 is 0 Å². The lowest BCUT2D eigenvalue weighted by Crippen LogP contribution is -2.38. The van der Waals surface area contributed by atoms with Crippen LogP contribution in [-0.4, -0.2) is 26.1 Å². The summed E-state index contributed by atoms with van der Waals surface area (Å²) in [4.78, 5) is 4.25. The summed E-state index contributed by atoms with van der Waals surface area (Å²) in [6, 6.07) is 0. The number of nitrogens with one attached hydrogen (secondary N) is 2. The quantitative estimate of drug-likeness (QED) is 0.436. The zero-order chi connectivity index (χ0) is 11.9. The van der Waals surface area contributed by atoms with Crippen molar-refractivity contribution in [3.05, 3.63) is 11.6 Å². The summed E-state index contributed by atoms with van der Waals surface area (Å²) < 4.78 is 0. The van der Waals surface area contributed by atoms with Crippen molar-refractivity contribution in [2.45, 2.75) is 44.9 Å². The van der Waals surface area contributed by atoms with Gasteiger partial charge in [0.25, 0.3) is 0 Å². The molecule has 0 aromatic rings. The van der Waals surface area contributed by atoms with Gasteiger partial charge in [-0.05, 0) is 50.9 Å². The van der Waals surface area contributed by atoms with Crippen LogP contribution in [0.1, 0.15) is 44.9 Å². The Balaban J connectivity index is 1.59. The first-order valence-corrected chi connectivity index (χ1v) is 7.01. The van der Waals surface area contributed by atoms with Crippen molar-refractivity contribution >= 4 is 5.96 Å². The van der Waals surface area contributed by atoms with Crippen LogP contribution in [0.15, 0.2) is 16.6 Å². The SMILES string of the molecule is CN=C(NCCC1=CCCCC1)NCC1CC1. The predicted octanol–water partition coefficient (Wildman–Crippen LogP) is 2.45. The summed E-state index contributed by atoms with van der Waals surface area (Å²) >= 11 is 0. The third-order valence-electron chi connectivity index (χ3n) is 3.60. The smallest absolute Gasteiger partial charge is 0.190 e. The lowest BCUT2D eigenvalue weighted by molar-refractivity contribution is 0.663. The molecule has 0 heterocycles. The molecule has 0 atom stereocenters. The van der Waals surface area contributed by atoms with Crippen LogP contribution in [0.25, 0.3) is 0 Å². The largest absolute Gasteiger partial charge is 0.356 e. The van der Waals surface area contributed by atoms with E-state index in [2.05, 4.69) is 21.7 Å². The number of guanidine groups is 1. The second kappa shape index (κ2) is 6.67. The lowest BCUT2D eigenvalue weighted by atomic mass is 9.97. The van der Waals surface area contributed by atoms with E-state index in [4.69, 9.17) is 0 Å². The van der Waals surface area contributed by atoms with E-state index in [1.807, 2.05) is 7.05 Å². The summed E-state index contributed by atoms with van der Waals surface area (Å²) in [5.41, 5.74) is 1.63. The first-order chi connectivity index (χ1) is 8.38. The average Bonchev–Trinajstić information content (AvgIpc) is 3.19. The summed E-state index contributed by atoms with van der Waals surface area (Å²) in [6.07, 6.45) is 11.7. The molecule has 2 rings (SSSR count). The van der Waals surface area contributed by atoms with Gasteiger partial charge in [0.2, 0.25) is 0 Å². The Kier molecular flexibility index (Phi) is 4.89. The van der Waals surface area contributed by atoms with Crippen molar-refractivity contribution in [2.75, 3.05) is 20.1 Å². The monoisotopic (exact) mass is 235 g/mol. The molecule has 2 aliphatic rings. The van der Waals surface area contributed by atoms with Gasteiger partial charge in [-0.15, -0.1) is 0 Å². The van der Waals surface area contributed by atoms with Gasteiger partial charge in [0.15, 0.2) is 5.96 Å². The third-order valence-corrected chi connectivity index (χ3v) is 3.60. The maximum absolute atomic E-state index is 4.25. The fraction of sp³-hybridized carbons (Fsp3) is 0.786. The molecule has 0 bridgehead atoms. The summed E-state index contributed by atoms with van der Waals surface area (Å²) in [5.74, 6) is 1.86. The Morgan fingerprint density at radius 1 is 1.35 bits per heavy atom. The van der Waals surface area contributed by atoms with Crippen LogP contribution in [0.5, 0.6) is 0 Å². The molecule has 17 heavy (non-hydrogen) atoms. The molecule has 3 heteroatoms. The second-order valence-corrected chi connectivity index (χ2v) is 5.18. The van der Waals surface area contributed by atoms with E-state index < -0.39 is 0 Å². The fourth-order valence-electron chi connectivity index (χ4n) is 2.26. The minimum atomic E-state index is 0.898. The van der Waals surface area contributed by atoms with Gasteiger partial charge >= 0.3 is 0 Å². The zero-order valence-electron chi connectivity index (χ0n) is 11.0. The van der Waals surface area contributed by atoms with Gasteiger partial charge in [-0.25, -0.2) is 0 Å². The number of rotatable bonds is 5. The highest BCUT2D eigenvalue weighted by molar-refractivity contribution is 5.79. The van der Waals surface area contributed by atoms with Crippen LogP contribution in [-0.2, 0) is 0 Å². The normalized spacial score (nSPS) is 21.0. The summed E-state index contributed by atoms with van der Waals surface area (Å²) in [7, 11) is 1.85. The lowest BCUT2D eigenvalue weighted by Gasteiger charge is -2.15. The molecule has 1 fully saturated rings. The highest BCUT2D eigenvalue weighted by atomic mass is 15.2. The van der Waals surface area contributed by atoms with Gasteiger partial charge in [-0.2, -0.15) is 0 Å². The van der Waals surface area contributed by atoms with Crippen LogP contribution in [0.3, 0.4) is 0 Å². The Hall–Kier alpha value is -0.990. The molecule has 0 amide bonds. The van der Waals surface area contributed by atoms with E-state index in [9.17, 15) is 0 Å². The minimum Gasteiger partial charge on any atom is -0.356 e. The van der Waals surface area contributed by atoms with E-state index in [1.165, 1.54) is 44.9 Å². The molecule has 0 aromatic carbocycles. The number of hydrogen-bond donors (Lipinski definition) is 2. The van der Waals surface area contributed by atoms with Crippen molar-refractivity contribution in [3.63, 3.8) is 0 Å². The maximum Gasteiger partial charge on any atom is 0.190 e. The van der Waals surface area contributed by atoms with Crippen LogP contribution >= 0.6 is 0 Å². The summed E-state index contributed by atoms with van der Waals surface area (Å²) in [5, 5.41) is 6.79. The molecule has 0 spiro atoms. The van der Waals surface area contributed by atoms with Gasteiger partial charge < -0.3 is 10.6 Å². The predicted molar refractivity (Wildman–Crippen MR) is 73.3 cm³/mol. The van der Waals surface area contributed by atoms with E-state index in [0.717, 1.165) is 25.0 Å². The van der Waals surface area contributed by atoms with Gasteiger partial charge in [0.05, 0.1) is 0 Å². The highest BCUT2D eigenvalue weighted by Crippen LogP contribution is 2.27. The van der Waals surface area contributed by atoms with Crippen molar-refractivity contribution in [1.82, 2.24) is 10.6 Å². The molecular weight excluding hydrogens is 210 g/mol. The molecule has 1 saturated carbocycles. The van der Waals surface area contributed by atoms with Crippen LogP contribution < -0.4 is 10.6 Å². The molecule has 96 valence electrons. The van der Waals surface area contributed by atoms with Gasteiger partial charge in [0.1, 0.15) is 0 Å². The standard InChI is InChI=1S/C14H25N3/c1-15-14(17-11-13-7-8-13)16-10-9-12-5-3-2-4-6-12/h5,13H,2-4,6-11H2,1H3,(H2,15,16,17). The fourth-order valence-corrected chi connectivity index (χ4v) is 2.26. The second-order valence-electron chi connectivity index (χ2n) is 5.18. The Morgan fingerprint density at radius 3 is 2.88 bits per heavy atom. The minimum absolute atomic E-state index is 0.898. The van der Waals surface area contributed by atoms with Crippen molar-refractivity contribution < 1.29 is 0 Å². The number of aliphatic imine (C=N–C) groups is 1. The first kappa shape index (κ1) is 12.5. The van der Waals surface area contributed by atoms with Crippen molar-refractivity contribution in [2.24, 2.45) is 10.9 Å². The Bertz CT molecular complexity index is 290. The summed E-state index contributed by atoms with van der Waals surface area (Å²) in [6.45, 7) is 2.10. The van der Waals surface area contributed by atoms with E-state index in [0.29, 0.717) is 0 Å². The molecule has 0 aliphatic heterocycles. The average molecular weight is 235 g/mol. The number of hydrogen-bond acceptors (Lipinski definition) is 1.